The molecule has 4 rings (SSSR count). The summed E-state index contributed by atoms with van der Waals surface area (Å²) < 4.78 is 37.3. The molecule has 9 heteroatoms. The zero-order valence-corrected chi connectivity index (χ0v) is 23.4. The Kier molecular flexibility index (Phi) is 8.57. The first-order valence-electron chi connectivity index (χ1n) is 13.1. The Hall–Kier alpha value is -3.17. The van der Waals surface area contributed by atoms with Crippen LogP contribution in [0.2, 0.25) is 0 Å². The fourth-order valence-electron chi connectivity index (χ4n) is 4.41. The lowest BCUT2D eigenvalue weighted by Gasteiger charge is -2.33. The molecular formula is C29H37N3O5S. The lowest BCUT2D eigenvalue weighted by Crippen LogP contribution is -2.42. The maximum atomic E-state index is 12.3. The Morgan fingerprint density at radius 1 is 1.00 bits per heavy atom. The quantitative estimate of drug-likeness (QED) is 0.267. The Morgan fingerprint density at radius 3 is 2.29 bits per heavy atom. The van der Waals surface area contributed by atoms with Gasteiger partial charge in [-0.15, -0.1) is 0 Å². The highest BCUT2D eigenvalue weighted by molar-refractivity contribution is 7.86. The van der Waals surface area contributed by atoms with Gasteiger partial charge in [-0.1, -0.05) is 42.0 Å². The summed E-state index contributed by atoms with van der Waals surface area (Å²) in [5.74, 6) is 0. The summed E-state index contributed by atoms with van der Waals surface area (Å²) in [6.07, 6.45) is 6.67. The van der Waals surface area contributed by atoms with E-state index in [9.17, 15) is 13.2 Å². The van der Waals surface area contributed by atoms with Gasteiger partial charge in [-0.05, 0) is 76.6 Å². The van der Waals surface area contributed by atoms with E-state index in [0.717, 1.165) is 41.5 Å². The number of ether oxygens (including phenoxy) is 1. The molecule has 1 aromatic heterocycles. The molecule has 8 nitrogen and oxygen atoms in total. The van der Waals surface area contributed by atoms with Crippen molar-refractivity contribution >= 4 is 16.2 Å². The second-order valence-electron chi connectivity index (χ2n) is 10.8. The number of rotatable bonds is 8. The molecule has 1 fully saturated rings. The monoisotopic (exact) mass is 539 g/mol. The Morgan fingerprint density at radius 2 is 1.66 bits per heavy atom. The molecule has 0 saturated carbocycles. The first kappa shape index (κ1) is 27.9. The highest BCUT2D eigenvalue weighted by Crippen LogP contribution is 2.27. The number of likely N-dealkylation sites (tertiary alicyclic amines) is 1. The SMILES string of the molecule is Cc1ccc(S(=O)(=O)OCCCc2ccc(-c3cnn(C4CCN(C(=O)OC(C)(C)C)CC4)c3)cc2)cc1. The lowest BCUT2D eigenvalue weighted by molar-refractivity contribution is 0.0184. The Labute approximate surface area is 225 Å². The normalized spacial score (nSPS) is 15.0. The zero-order valence-electron chi connectivity index (χ0n) is 22.6. The van der Waals surface area contributed by atoms with Gasteiger partial charge in [0.1, 0.15) is 5.60 Å². The molecule has 38 heavy (non-hydrogen) atoms. The van der Waals surface area contributed by atoms with Crippen molar-refractivity contribution in [1.29, 1.82) is 0 Å². The average Bonchev–Trinajstić information content (AvgIpc) is 3.37. The molecule has 0 spiro atoms. The molecule has 0 bridgehead atoms. The first-order valence-corrected chi connectivity index (χ1v) is 14.5. The van der Waals surface area contributed by atoms with Crippen LogP contribution in [0.3, 0.4) is 0 Å². The van der Waals surface area contributed by atoms with E-state index in [-0.39, 0.29) is 23.6 Å². The molecule has 1 aliphatic heterocycles. The van der Waals surface area contributed by atoms with Gasteiger partial charge in [-0.2, -0.15) is 13.5 Å². The number of aromatic nitrogens is 2. The van der Waals surface area contributed by atoms with Crippen molar-refractivity contribution in [2.75, 3.05) is 19.7 Å². The number of piperidine rings is 1. The van der Waals surface area contributed by atoms with Gasteiger partial charge in [0, 0.05) is 24.8 Å². The fraction of sp³-hybridized carbons (Fsp3) is 0.448. The summed E-state index contributed by atoms with van der Waals surface area (Å²) in [7, 11) is -3.73. The third-order valence-corrected chi connectivity index (χ3v) is 7.86. The minimum atomic E-state index is -3.73. The molecule has 204 valence electrons. The van der Waals surface area contributed by atoms with E-state index in [4.69, 9.17) is 8.92 Å². The number of nitrogens with zero attached hydrogens (tertiary/aromatic N) is 3. The summed E-state index contributed by atoms with van der Waals surface area (Å²) in [6, 6.07) is 15.1. The lowest BCUT2D eigenvalue weighted by atomic mass is 10.0. The molecule has 2 heterocycles. The van der Waals surface area contributed by atoms with Crippen molar-refractivity contribution in [3.63, 3.8) is 0 Å². The zero-order chi connectivity index (χ0) is 27.3. The molecule has 1 saturated heterocycles. The predicted molar refractivity (Wildman–Crippen MR) is 146 cm³/mol. The van der Waals surface area contributed by atoms with E-state index < -0.39 is 15.7 Å². The van der Waals surface area contributed by atoms with Crippen molar-refractivity contribution in [2.45, 2.75) is 69.9 Å². The molecule has 0 aliphatic carbocycles. The molecule has 0 radical (unpaired) electrons. The van der Waals surface area contributed by atoms with E-state index in [1.807, 2.05) is 38.6 Å². The molecule has 2 aromatic carbocycles. The van der Waals surface area contributed by atoms with Crippen molar-refractivity contribution < 1.29 is 22.1 Å². The van der Waals surface area contributed by atoms with Crippen molar-refractivity contribution in [2.24, 2.45) is 0 Å². The van der Waals surface area contributed by atoms with Gasteiger partial charge in [0.15, 0.2) is 0 Å². The highest BCUT2D eigenvalue weighted by Gasteiger charge is 2.28. The van der Waals surface area contributed by atoms with Crippen molar-refractivity contribution in [3.05, 3.63) is 72.1 Å². The topological polar surface area (TPSA) is 90.7 Å². The number of hydrogen-bond acceptors (Lipinski definition) is 6. The van der Waals surface area contributed by atoms with E-state index in [2.05, 4.69) is 35.6 Å². The van der Waals surface area contributed by atoms with Crippen LogP contribution in [0.4, 0.5) is 4.79 Å². The maximum Gasteiger partial charge on any atom is 0.410 e. The van der Waals surface area contributed by atoms with Crippen molar-refractivity contribution in [1.82, 2.24) is 14.7 Å². The third kappa shape index (κ3) is 7.45. The van der Waals surface area contributed by atoms with Gasteiger partial charge >= 0.3 is 6.09 Å². The second kappa shape index (κ2) is 11.7. The summed E-state index contributed by atoms with van der Waals surface area (Å²) >= 11 is 0. The maximum absolute atomic E-state index is 12.3. The van der Waals surface area contributed by atoms with Crippen LogP contribution < -0.4 is 0 Å². The smallest absolute Gasteiger partial charge is 0.410 e. The molecular weight excluding hydrogens is 502 g/mol. The van der Waals surface area contributed by atoms with Crippen LogP contribution in [0.5, 0.6) is 0 Å². The molecule has 0 N–H and O–H groups in total. The fourth-order valence-corrected chi connectivity index (χ4v) is 5.35. The van der Waals surface area contributed by atoms with Gasteiger partial charge < -0.3 is 9.64 Å². The molecule has 3 aromatic rings. The third-order valence-electron chi connectivity index (χ3n) is 6.54. The van der Waals surface area contributed by atoms with E-state index in [1.165, 1.54) is 0 Å². The van der Waals surface area contributed by atoms with Gasteiger partial charge in [-0.25, -0.2) is 4.79 Å². The van der Waals surface area contributed by atoms with Gasteiger partial charge in [0.25, 0.3) is 10.1 Å². The molecule has 0 unspecified atom stereocenters. The molecule has 0 atom stereocenters. The predicted octanol–water partition coefficient (Wildman–Crippen LogP) is 5.77. The number of benzene rings is 2. The van der Waals surface area contributed by atoms with Crippen LogP contribution in [0.15, 0.2) is 65.8 Å². The van der Waals surface area contributed by atoms with Gasteiger partial charge in [-0.3, -0.25) is 8.86 Å². The average molecular weight is 540 g/mol. The van der Waals surface area contributed by atoms with Crippen molar-refractivity contribution in [3.8, 4) is 11.1 Å². The standard InChI is InChI=1S/C29H37N3O5S/c1-22-7-13-27(14-8-22)38(34,35)36-19-5-6-23-9-11-24(12-10-23)25-20-30-32(21-25)26-15-17-31(18-16-26)28(33)37-29(2,3)4/h7-14,20-21,26H,5-6,15-19H2,1-4H3. The van der Waals surface area contributed by atoms with Gasteiger partial charge in [0.2, 0.25) is 0 Å². The minimum Gasteiger partial charge on any atom is -0.444 e. The first-order chi connectivity index (χ1) is 18.0. The van der Waals surface area contributed by atoms with Crippen LogP contribution in [-0.4, -0.2) is 54.5 Å². The van der Waals surface area contributed by atoms with E-state index >= 15 is 0 Å². The highest BCUT2D eigenvalue weighted by atomic mass is 32.2. The minimum absolute atomic E-state index is 0.136. The summed E-state index contributed by atoms with van der Waals surface area (Å²) in [5, 5.41) is 4.59. The number of carbonyl (C=O) groups excluding carboxylic acids is 1. The molecule has 1 amide bonds. The molecule has 1 aliphatic rings. The summed E-state index contributed by atoms with van der Waals surface area (Å²) in [5.41, 5.74) is 3.74. The van der Waals surface area contributed by atoms with Crippen LogP contribution in [-0.2, 0) is 25.5 Å². The van der Waals surface area contributed by atoms with Crippen LogP contribution in [0, 0.1) is 6.92 Å². The largest absolute Gasteiger partial charge is 0.444 e. The number of aryl methyl sites for hydroxylation is 2. The second-order valence-corrected chi connectivity index (χ2v) is 12.4. The number of hydrogen-bond donors (Lipinski definition) is 0. The van der Waals surface area contributed by atoms with E-state index in [0.29, 0.717) is 19.5 Å². The van der Waals surface area contributed by atoms with Crippen LogP contribution in [0.1, 0.15) is 57.2 Å². The number of amides is 1. The van der Waals surface area contributed by atoms with E-state index in [1.54, 1.807) is 29.2 Å². The van der Waals surface area contributed by atoms with Crippen LogP contribution >= 0.6 is 0 Å². The number of carbonyl (C=O) groups is 1. The van der Waals surface area contributed by atoms with Gasteiger partial charge in [0.05, 0.1) is 23.7 Å². The Balaban J connectivity index is 1.25. The summed E-state index contributed by atoms with van der Waals surface area (Å²) in [6.45, 7) is 8.99. The summed E-state index contributed by atoms with van der Waals surface area (Å²) in [4.78, 5) is 14.3. The Bertz CT molecular complexity index is 1320. The van der Waals surface area contributed by atoms with Crippen LogP contribution in [0.25, 0.3) is 11.1 Å².